The van der Waals surface area contributed by atoms with Crippen molar-refractivity contribution in [3.8, 4) is 0 Å². The molecule has 0 aromatic rings. The van der Waals surface area contributed by atoms with Crippen molar-refractivity contribution in [1.82, 2.24) is 0 Å². The molecule has 0 radical (unpaired) electrons. The van der Waals surface area contributed by atoms with Gasteiger partial charge in [0.1, 0.15) is 6.61 Å². The van der Waals surface area contributed by atoms with Gasteiger partial charge in [-0.1, -0.05) is 6.92 Å². The van der Waals surface area contributed by atoms with E-state index in [0.29, 0.717) is 12.8 Å². The SMILES string of the molecule is CCC(C)(CC(C)(C)N)C(=O)OCCO. The Morgan fingerprint density at radius 1 is 1.40 bits per heavy atom. The minimum atomic E-state index is -0.562. The van der Waals surface area contributed by atoms with Crippen LogP contribution in [0.4, 0.5) is 0 Å². The molecule has 0 amide bonds. The Morgan fingerprint density at radius 3 is 2.27 bits per heavy atom. The topological polar surface area (TPSA) is 72.6 Å². The van der Waals surface area contributed by atoms with Crippen LogP contribution >= 0.6 is 0 Å². The largest absolute Gasteiger partial charge is 0.463 e. The van der Waals surface area contributed by atoms with Crippen LogP contribution in [-0.4, -0.2) is 29.8 Å². The van der Waals surface area contributed by atoms with Crippen molar-refractivity contribution < 1.29 is 14.6 Å². The van der Waals surface area contributed by atoms with Gasteiger partial charge in [-0.25, -0.2) is 0 Å². The lowest BCUT2D eigenvalue weighted by atomic mass is 9.77. The molecule has 0 fully saturated rings. The molecule has 4 nitrogen and oxygen atoms in total. The number of esters is 1. The molecule has 3 N–H and O–H groups in total. The predicted octanol–water partition coefficient (Wildman–Crippen LogP) is 1.07. The van der Waals surface area contributed by atoms with Crippen LogP contribution in [0.15, 0.2) is 0 Å². The molecule has 1 atom stereocenters. The molecule has 1 unspecified atom stereocenters. The average molecular weight is 217 g/mol. The molecular formula is C11H23NO3. The lowest BCUT2D eigenvalue weighted by Crippen LogP contribution is -2.42. The van der Waals surface area contributed by atoms with Crippen molar-refractivity contribution in [2.45, 2.75) is 46.1 Å². The highest BCUT2D eigenvalue weighted by atomic mass is 16.5. The average Bonchev–Trinajstić information content (AvgIpc) is 2.11. The standard InChI is InChI=1S/C11H23NO3/c1-5-11(4,8-10(2,3)12)9(14)15-7-6-13/h13H,5-8,12H2,1-4H3. The molecule has 0 spiro atoms. The number of ether oxygens (including phenoxy) is 1. The first kappa shape index (κ1) is 14.4. The highest BCUT2D eigenvalue weighted by molar-refractivity contribution is 5.76. The van der Waals surface area contributed by atoms with Crippen molar-refractivity contribution in [2.75, 3.05) is 13.2 Å². The fourth-order valence-electron chi connectivity index (χ4n) is 1.66. The number of aliphatic hydroxyl groups excluding tert-OH is 1. The molecular weight excluding hydrogens is 194 g/mol. The summed E-state index contributed by atoms with van der Waals surface area (Å²) in [5.41, 5.74) is 4.94. The number of hydrogen-bond acceptors (Lipinski definition) is 4. The number of carbonyl (C=O) groups is 1. The van der Waals surface area contributed by atoms with E-state index in [9.17, 15) is 4.79 Å². The molecule has 4 heteroatoms. The van der Waals surface area contributed by atoms with Gasteiger partial charge in [0, 0.05) is 5.54 Å². The van der Waals surface area contributed by atoms with Gasteiger partial charge >= 0.3 is 5.97 Å². The van der Waals surface area contributed by atoms with Gasteiger partial charge < -0.3 is 15.6 Å². The van der Waals surface area contributed by atoms with Crippen molar-refractivity contribution in [3.05, 3.63) is 0 Å². The minimum absolute atomic E-state index is 0.0550. The summed E-state index contributed by atoms with van der Waals surface area (Å²) in [6.45, 7) is 7.48. The molecule has 0 saturated heterocycles. The number of aliphatic hydroxyl groups is 1. The summed E-state index contributed by atoms with van der Waals surface area (Å²) in [4.78, 5) is 11.7. The Hall–Kier alpha value is -0.610. The number of rotatable bonds is 6. The van der Waals surface area contributed by atoms with Crippen molar-refractivity contribution in [2.24, 2.45) is 11.1 Å². The lowest BCUT2D eigenvalue weighted by Gasteiger charge is -2.32. The van der Waals surface area contributed by atoms with E-state index in [-0.39, 0.29) is 19.2 Å². The zero-order chi connectivity index (χ0) is 12.1. The van der Waals surface area contributed by atoms with Crippen LogP contribution in [0.5, 0.6) is 0 Å². The first-order valence-electron chi connectivity index (χ1n) is 5.32. The molecule has 0 rings (SSSR count). The molecule has 0 aliphatic carbocycles. The van der Waals surface area contributed by atoms with E-state index < -0.39 is 11.0 Å². The first-order valence-corrected chi connectivity index (χ1v) is 5.32. The minimum Gasteiger partial charge on any atom is -0.463 e. The lowest BCUT2D eigenvalue weighted by molar-refractivity contribution is -0.157. The molecule has 0 bridgehead atoms. The predicted molar refractivity (Wildman–Crippen MR) is 59.3 cm³/mol. The van der Waals surface area contributed by atoms with Crippen LogP contribution < -0.4 is 5.73 Å². The molecule has 15 heavy (non-hydrogen) atoms. The number of hydrogen-bond donors (Lipinski definition) is 2. The Bertz CT molecular complexity index is 210. The molecule has 90 valence electrons. The van der Waals surface area contributed by atoms with E-state index in [1.165, 1.54) is 0 Å². The fourth-order valence-corrected chi connectivity index (χ4v) is 1.66. The van der Waals surface area contributed by atoms with Gasteiger partial charge in [0.05, 0.1) is 12.0 Å². The zero-order valence-corrected chi connectivity index (χ0v) is 10.2. The Balaban J connectivity index is 4.48. The summed E-state index contributed by atoms with van der Waals surface area (Å²) >= 11 is 0. The van der Waals surface area contributed by atoms with Crippen LogP contribution in [0.1, 0.15) is 40.5 Å². The molecule has 0 saturated carbocycles. The summed E-state index contributed by atoms with van der Waals surface area (Å²) in [5, 5.41) is 8.58. The van der Waals surface area contributed by atoms with Crippen LogP contribution in [0.2, 0.25) is 0 Å². The van der Waals surface area contributed by atoms with Crippen molar-refractivity contribution in [3.63, 3.8) is 0 Å². The number of carbonyl (C=O) groups excluding carboxylic acids is 1. The van der Waals surface area contributed by atoms with E-state index in [2.05, 4.69) is 0 Å². The maximum Gasteiger partial charge on any atom is 0.311 e. The van der Waals surface area contributed by atoms with Crippen LogP contribution in [0.25, 0.3) is 0 Å². The normalized spacial score (nSPS) is 15.9. The number of nitrogens with two attached hydrogens (primary N) is 1. The van der Waals surface area contributed by atoms with Gasteiger partial charge in [0.15, 0.2) is 0 Å². The van der Waals surface area contributed by atoms with Gasteiger partial charge in [0.2, 0.25) is 0 Å². The molecule has 0 aromatic carbocycles. The van der Waals surface area contributed by atoms with Gasteiger partial charge in [-0.05, 0) is 33.6 Å². The first-order chi connectivity index (χ1) is 6.75. The van der Waals surface area contributed by atoms with E-state index in [1.807, 2.05) is 27.7 Å². The van der Waals surface area contributed by atoms with Crippen molar-refractivity contribution >= 4 is 5.97 Å². The second-order valence-electron chi connectivity index (χ2n) is 4.94. The van der Waals surface area contributed by atoms with E-state index in [4.69, 9.17) is 15.6 Å². The molecule has 0 aliphatic rings. The second kappa shape index (κ2) is 5.47. The van der Waals surface area contributed by atoms with Crippen LogP contribution in [0, 0.1) is 5.41 Å². The van der Waals surface area contributed by atoms with Crippen molar-refractivity contribution in [1.29, 1.82) is 0 Å². The third-order valence-electron chi connectivity index (χ3n) is 2.44. The maximum atomic E-state index is 11.7. The summed E-state index contributed by atoms with van der Waals surface area (Å²) in [5.74, 6) is -0.280. The third-order valence-corrected chi connectivity index (χ3v) is 2.44. The third kappa shape index (κ3) is 5.14. The van der Waals surface area contributed by atoms with Gasteiger partial charge in [0.25, 0.3) is 0 Å². The highest BCUT2D eigenvalue weighted by Crippen LogP contribution is 2.32. The second-order valence-corrected chi connectivity index (χ2v) is 4.94. The monoisotopic (exact) mass is 217 g/mol. The van der Waals surface area contributed by atoms with E-state index in [1.54, 1.807) is 0 Å². The van der Waals surface area contributed by atoms with Gasteiger partial charge in [-0.15, -0.1) is 0 Å². The maximum absolute atomic E-state index is 11.7. The summed E-state index contributed by atoms with van der Waals surface area (Å²) in [6, 6.07) is 0. The van der Waals surface area contributed by atoms with Crippen LogP contribution in [-0.2, 0) is 9.53 Å². The smallest absolute Gasteiger partial charge is 0.311 e. The van der Waals surface area contributed by atoms with E-state index in [0.717, 1.165) is 0 Å². The highest BCUT2D eigenvalue weighted by Gasteiger charge is 2.37. The van der Waals surface area contributed by atoms with Gasteiger partial charge in [-0.3, -0.25) is 4.79 Å². The summed E-state index contributed by atoms with van der Waals surface area (Å²) in [6.07, 6.45) is 1.25. The molecule has 0 aromatic heterocycles. The molecule has 0 aliphatic heterocycles. The Kier molecular flexibility index (Phi) is 5.24. The molecule has 0 heterocycles. The fraction of sp³-hybridized carbons (Fsp3) is 0.909. The summed E-state index contributed by atoms with van der Waals surface area (Å²) in [7, 11) is 0. The van der Waals surface area contributed by atoms with E-state index >= 15 is 0 Å². The van der Waals surface area contributed by atoms with Crippen LogP contribution in [0.3, 0.4) is 0 Å². The quantitative estimate of drug-likeness (QED) is 0.653. The summed E-state index contributed by atoms with van der Waals surface area (Å²) < 4.78 is 4.95. The van der Waals surface area contributed by atoms with Gasteiger partial charge in [-0.2, -0.15) is 0 Å². The zero-order valence-electron chi connectivity index (χ0n) is 10.2. The Labute approximate surface area is 91.8 Å². The Morgan fingerprint density at radius 2 is 1.93 bits per heavy atom.